The van der Waals surface area contributed by atoms with Crippen molar-refractivity contribution in [3.63, 3.8) is 0 Å². The summed E-state index contributed by atoms with van der Waals surface area (Å²) in [7, 11) is 0. The molecule has 0 unspecified atom stereocenters. The number of hydrogen-bond donors (Lipinski definition) is 1. The summed E-state index contributed by atoms with van der Waals surface area (Å²) in [6.45, 7) is 0.0665. The lowest BCUT2D eigenvalue weighted by Gasteiger charge is -2.06. The standard InChI is InChI=1S/C12H9BrFNO2S/c13-9-5-8(14)2-1-7(9)6-17-12(16)11-10(15)3-4-18-11/h1-5H,6,15H2. The molecule has 18 heavy (non-hydrogen) atoms. The fraction of sp³-hybridized carbons (Fsp3) is 0.0833. The highest BCUT2D eigenvalue weighted by Gasteiger charge is 2.13. The van der Waals surface area contributed by atoms with Crippen LogP contribution in [0.3, 0.4) is 0 Å². The molecule has 6 heteroatoms. The molecule has 0 spiro atoms. The Balaban J connectivity index is 2.04. The molecule has 0 radical (unpaired) electrons. The summed E-state index contributed by atoms with van der Waals surface area (Å²) < 4.78 is 18.5. The van der Waals surface area contributed by atoms with Gasteiger partial charge in [0.25, 0.3) is 0 Å². The third-order valence-electron chi connectivity index (χ3n) is 2.25. The molecule has 0 bridgehead atoms. The fourth-order valence-corrected chi connectivity index (χ4v) is 2.51. The molecular formula is C12H9BrFNO2S. The van der Waals surface area contributed by atoms with Crippen LogP contribution in [-0.4, -0.2) is 5.97 Å². The third kappa shape index (κ3) is 2.88. The summed E-state index contributed by atoms with van der Waals surface area (Å²) in [6, 6.07) is 5.84. The molecule has 94 valence electrons. The molecule has 0 aliphatic heterocycles. The van der Waals surface area contributed by atoms with Crippen LogP contribution in [0.5, 0.6) is 0 Å². The van der Waals surface area contributed by atoms with E-state index in [2.05, 4.69) is 15.9 Å². The van der Waals surface area contributed by atoms with Crippen molar-refractivity contribution in [1.29, 1.82) is 0 Å². The molecule has 2 rings (SSSR count). The highest BCUT2D eigenvalue weighted by Crippen LogP contribution is 2.22. The summed E-state index contributed by atoms with van der Waals surface area (Å²) in [5, 5.41) is 1.72. The largest absolute Gasteiger partial charge is 0.457 e. The van der Waals surface area contributed by atoms with Gasteiger partial charge in [-0.15, -0.1) is 11.3 Å². The minimum absolute atomic E-state index is 0.0665. The van der Waals surface area contributed by atoms with Crippen LogP contribution in [0, 0.1) is 5.82 Å². The topological polar surface area (TPSA) is 52.3 Å². The number of nitrogen functional groups attached to an aromatic ring is 1. The second-order valence-corrected chi connectivity index (χ2v) is 5.29. The molecule has 0 fully saturated rings. The van der Waals surface area contributed by atoms with Gasteiger partial charge in [-0.25, -0.2) is 9.18 Å². The van der Waals surface area contributed by atoms with Crippen molar-refractivity contribution in [3.05, 3.63) is 50.4 Å². The highest BCUT2D eigenvalue weighted by atomic mass is 79.9. The van der Waals surface area contributed by atoms with E-state index in [1.54, 1.807) is 17.5 Å². The SMILES string of the molecule is Nc1ccsc1C(=O)OCc1ccc(F)cc1Br. The molecule has 1 aromatic heterocycles. The Morgan fingerprint density at radius 2 is 2.22 bits per heavy atom. The molecule has 0 aliphatic carbocycles. The van der Waals surface area contributed by atoms with Gasteiger partial charge in [-0.2, -0.15) is 0 Å². The predicted octanol–water partition coefficient (Wildman–Crippen LogP) is 3.59. The van der Waals surface area contributed by atoms with Gasteiger partial charge >= 0.3 is 5.97 Å². The van der Waals surface area contributed by atoms with E-state index in [0.29, 0.717) is 20.6 Å². The van der Waals surface area contributed by atoms with E-state index < -0.39 is 5.97 Å². The van der Waals surface area contributed by atoms with Crippen LogP contribution in [0.25, 0.3) is 0 Å². The van der Waals surface area contributed by atoms with Gasteiger partial charge in [0.05, 0.1) is 5.69 Å². The molecule has 0 atom stereocenters. The normalized spacial score (nSPS) is 10.3. The molecule has 0 saturated carbocycles. The third-order valence-corrected chi connectivity index (χ3v) is 3.90. The number of ether oxygens (including phenoxy) is 1. The Morgan fingerprint density at radius 1 is 1.44 bits per heavy atom. The van der Waals surface area contributed by atoms with Crippen LogP contribution in [0.15, 0.2) is 34.1 Å². The van der Waals surface area contributed by atoms with Crippen LogP contribution < -0.4 is 5.73 Å². The molecule has 1 aromatic carbocycles. The lowest BCUT2D eigenvalue weighted by molar-refractivity contribution is 0.0479. The highest BCUT2D eigenvalue weighted by molar-refractivity contribution is 9.10. The summed E-state index contributed by atoms with van der Waals surface area (Å²) >= 11 is 4.44. The number of benzene rings is 1. The minimum Gasteiger partial charge on any atom is -0.457 e. The number of carbonyl (C=O) groups excluding carboxylic acids is 1. The summed E-state index contributed by atoms with van der Waals surface area (Å²) in [5.74, 6) is -0.821. The van der Waals surface area contributed by atoms with Gasteiger partial charge < -0.3 is 10.5 Å². The number of halogens is 2. The van der Waals surface area contributed by atoms with Crippen molar-refractivity contribution in [2.45, 2.75) is 6.61 Å². The molecule has 0 saturated heterocycles. The van der Waals surface area contributed by atoms with E-state index >= 15 is 0 Å². The van der Waals surface area contributed by atoms with Crippen LogP contribution in [-0.2, 0) is 11.3 Å². The first-order chi connectivity index (χ1) is 8.58. The minimum atomic E-state index is -0.473. The fourth-order valence-electron chi connectivity index (χ4n) is 1.33. The average molecular weight is 330 g/mol. The zero-order chi connectivity index (χ0) is 13.1. The van der Waals surface area contributed by atoms with Crippen LogP contribution >= 0.6 is 27.3 Å². The molecule has 2 aromatic rings. The van der Waals surface area contributed by atoms with E-state index in [1.165, 1.54) is 23.5 Å². The Hall–Kier alpha value is -1.40. The Kier molecular flexibility index (Phi) is 3.98. The van der Waals surface area contributed by atoms with E-state index in [0.717, 1.165) is 0 Å². The molecule has 0 amide bonds. The first kappa shape index (κ1) is 13.0. The van der Waals surface area contributed by atoms with Gasteiger partial charge in [0.1, 0.15) is 17.3 Å². The smallest absolute Gasteiger partial charge is 0.350 e. The van der Waals surface area contributed by atoms with Gasteiger partial charge in [-0.1, -0.05) is 22.0 Å². The number of esters is 1. The second kappa shape index (κ2) is 5.49. The Morgan fingerprint density at radius 3 is 2.83 bits per heavy atom. The summed E-state index contributed by atoms with van der Waals surface area (Å²) in [6.07, 6.45) is 0. The lowest BCUT2D eigenvalue weighted by atomic mass is 10.2. The average Bonchev–Trinajstić information content (AvgIpc) is 2.74. The van der Waals surface area contributed by atoms with Crippen molar-refractivity contribution in [3.8, 4) is 0 Å². The molecule has 3 nitrogen and oxygen atoms in total. The first-order valence-corrected chi connectivity index (χ1v) is 6.69. The summed E-state index contributed by atoms with van der Waals surface area (Å²) in [4.78, 5) is 12.1. The summed E-state index contributed by atoms with van der Waals surface area (Å²) in [5.41, 5.74) is 6.71. The van der Waals surface area contributed by atoms with E-state index in [9.17, 15) is 9.18 Å². The maximum absolute atomic E-state index is 12.9. The maximum atomic E-state index is 12.9. The zero-order valence-electron chi connectivity index (χ0n) is 9.15. The van der Waals surface area contributed by atoms with Gasteiger partial charge in [0, 0.05) is 10.0 Å². The quantitative estimate of drug-likeness (QED) is 0.875. The van der Waals surface area contributed by atoms with Crippen LogP contribution in [0.2, 0.25) is 0 Å². The van der Waals surface area contributed by atoms with E-state index in [1.807, 2.05) is 0 Å². The van der Waals surface area contributed by atoms with Crippen LogP contribution in [0.1, 0.15) is 15.2 Å². The lowest BCUT2D eigenvalue weighted by Crippen LogP contribution is -2.06. The van der Waals surface area contributed by atoms with Crippen LogP contribution in [0.4, 0.5) is 10.1 Å². The second-order valence-electron chi connectivity index (χ2n) is 3.52. The maximum Gasteiger partial charge on any atom is 0.350 e. The van der Waals surface area contributed by atoms with Crippen molar-refractivity contribution in [2.24, 2.45) is 0 Å². The van der Waals surface area contributed by atoms with Gasteiger partial charge in [-0.3, -0.25) is 0 Å². The Labute approximate surface area is 116 Å². The van der Waals surface area contributed by atoms with E-state index in [4.69, 9.17) is 10.5 Å². The predicted molar refractivity (Wildman–Crippen MR) is 72.0 cm³/mol. The number of rotatable bonds is 3. The van der Waals surface area contributed by atoms with Gasteiger partial charge in [0.2, 0.25) is 0 Å². The number of anilines is 1. The van der Waals surface area contributed by atoms with Crippen molar-refractivity contribution in [1.82, 2.24) is 0 Å². The zero-order valence-corrected chi connectivity index (χ0v) is 11.6. The number of hydrogen-bond acceptors (Lipinski definition) is 4. The van der Waals surface area contributed by atoms with Crippen molar-refractivity contribution < 1.29 is 13.9 Å². The molecule has 0 aliphatic rings. The van der Waals surface area contributed by atoms with Crippen molar-refractivity contribution in [2.75, 3.05) is 5.73 Å². The molecule has 2 N–H and O–H groups in total. The molecule has 1 heterocycles. The van der Waals surface area contributed by atoms with E-state index in [-0.39, 0.29) is 12.4 Å². The van der Waals surface area contributed by atoms with Gasteiger partial charge in [0.15, 0.2) is 0 Å². The Bertz CT molecular complexity index is 585. The number of carbonyl (C=O) groups is 1. The number of thiophene rings is 1. The van der Waals surface area contributed by atoms with Gasteiger partial charge in [-0.05, 0) is 23.6 Å². The number of nitrogens with two attached hydrogens (primary N) is 1. The first-order valence-electron chi connectivity index (χ1n) is 5.02. The van der Waals surface area contributed by atoms with Crippen molar-refractivity contribution >= 4 is 38.9 Å². The molecular weight excluding hydrogens is 321 g/mol. The monoisotopic (exact) mass is 329 g/mol.